The zero-order chi connectivity index (χ0) is 20.4. The highest BCUT2D eigenvalue weighted by atomic mass is 32.2. The summed E-state index contributed by atoms with van der Waals surface area (Å²) in [5.41, 5.74) is 2.70. The Bertz CT molecular complexity index is 1030. The van der Waals surface area contributed by atoms with Gasteiger partial charge >= 0.3 is 0 Å². The maximum Gasteiger partial charge on any atom is 0.263 e. The molecule has 0 saturated carbocycles. The van der Waals surface area contributed by atoms with Crippen LogP contribution < -0.4 is 10.1 Å². The van der Waals surface area contributed by atoms with Crippen LogP contribution in [0.5, 0.6) is 5.75 Å². The zero-order valence-electron chi connectivity index (χ0n) is 16.2. The van der Waals surface area contributed by atoms with Gasteiger partial charge in [-0.3, -0.25) is 4.79 Å². The molecule has 1 amide bonds. The van der Waals surface area contributed by atoms with Crippen molar-refractivity contribution < 1.29 is 13.9 Å². The lowest BCUT2D eigenvalue weighted by Crippen LogP contribution is -2.30. The molecule has 2 aromatic carbocycles. The van der Waals surface area contributed by atoms with E-state index in [1.165, 1.54) is 34.7 Å². The van der Waals surface area contributed by atoms with Crippen molar-refractivity contribution in [2.45, 2.75) is 37.8 Å². The number of ether oxygens (including phenoxy) is 1. The second-order valence-corrected chi connectivity index (χ2v) is 9.13. The number of amides is 1. The number of aromatic nitrogens is 1. The lowest BCUT2D eigenvalue weighted by Gasteiger charge is -2.26. The first-order valence-corrected chi connectivity index (χ1v) is 11.2. The van der Waals surface area contributed by atoms with E-state index >= 15 is 0 Å². The van der Waals surface area contributed by atoms with Gasteiger partial charge < -0.3 is 10.1 Å². The molecule has 7 heteroatoms. The molecular formula is C22H21FN2O2S2. The fourth-order valence-electron chi connectivity index (χ4n) is 3.26. The van der Waals surface area contributed by atoms with Crippen LogP contribution in [0.2, 0.25) is 0 Å². The minimum Gasteiger partial charge on any atom is -0.486 e. The van der Waals surface area contributed by atoms with E-state index in [4.69, 9.17) is 4.74 Å². The third-order valence-electron chi connectivity index (χ3n) is 4.76. The first-order valence-electron chi connectivity index (χ1n) is 9.39. The van der Waals surface area contributed by atoms with E-state index in [1.54, 1.807) is 6.07 Å². The fraction of sp³-hybridized carbons (Fsp3) is 0.273. The summed E-state index contributed by atoms with van der Waals surface area (Å²) in [6, 6.07) is 12.7. The molecule has 3 aromatic rings. The molecule has 2 heterocycles. The quantitative estimate of drug-likeness (QED) is 0.588. The van der Waals surface area contributed by atoms with Gasteiger partial charge in [0.15, 0.2) is 0 Å². The van der Waals surface area contributed by atoms with Crippen molar-refractivity contribution in [3.63, 3.8) is 0 Å². The van der Waals surface area contributed by atoms with Crippen LogP contribution in [0.15, 0.2) is 47.4 Å². The topological polar surface area (TPSA) is 51.2 Å². The summed E-state index contributed by atoms with van der Waals surface area (Å²) < 4.78 is 19.8. The largest absolute Gasteiger partial charge is 0.486 e. The molecule has 0 unspecified atom stereocenters. The van der Waals surface area contributed by atoms with Gasteiger partial charge in [-0.2, -0.15) is 0 Å². The highest BCUT2D eigenvalue weighted by Crippen LogP contribution is 2.38. The monoisotopic (exact) mass is 428 g/mol. The highest BCUT2D eigenvalue weighted by Gasteiger charge is 2.26. The van der Waals surface area contributed by atoms with Gasteiger partial charge in [0, 0.05) is 10.6 Å². The maximum absolute atomic E-state index is 14.1. The van der Waals surface area contributed by atoms with Gasteiger partial charge in [0.2, 0.25) is 0 Å². The molecule has 0 saturated heterocycles. The predicted octanol–water partition coefficient (Wildman–Crippen LogP) is 5.44. The number of benzene rings is 2. The normalized spacial score (nSPS) is 15.6. The van der Waals surface area contributed by atoms with Crippen molar-refractivity contribution in [1.82, 2.24) is 10.3 Å². The molecule has 29 heavy (non-hydrogen) atoms. The summed E-state index contributed by atoms with van der Waals surface area (Å²) in [5, 5.41) is 3.81. The number of nitrogens with zero attached hydrogens (tertiary/aromatic N) is 1. The van der Waals surface area contributed by atoms with E-state index in [1.807, 2.05) is 44.2 Å². The number of nitrogens with one attached hydrogen (secondary N) is 1. The third-order valence-corrected chi connectivity index (χ3v) is 7.05. The molecule has 1 aliphatic rings. The van der Waals surface area contributed by atoms with Crippen molar-refractivity contribution >= 4 is 29.0 Å². The van der Waals surface area contributed by atoms with Gasteiger partial charge in [0.1, 0.15) is 28.1 Å². The molecule has 1 aromatic heterocycles. The van der Waals surface area contributed by atoms with E-state index in [0.717, 1.165) is 28.5 Å². The Hall–Kier alpha value is -2.38. The number of thiazole rings is 1. The number of halogens is 1. The maximum atomic E-state index is 14.1. The first kappa shape index (κ1) is 19.9. The predicted molar refractivity (Wildman–Crippen MR) is 114 cm³/mol. The summed E-state index contributed by atoms with van der Waals surface area (Å²) in [6.07, 6.45) is 0.772. The van der Waals surface area contributed by atoms with E-state index in [0.29, 0.717) is 22.1 Å². The third kappa shape index (κ3) is 4.46. The van der Waals surface area contributed by atoms with E-state index in [9.17, 15) is 9.18 Å². The minimum absolute atomic E-state index is 0.173. The number of fused-ring (bicyclic) bond motifs is 1. The van der Waals surface area contributed by atoms with Gasteiger partial charge in [-0.25, -0.2) is 9.37 Å². The Kier molecular flexibility index (Phi) is 5.87. The van der Waals surface area contributed by atoms with Crippen LogP contribution in [0.3, 0.4) is 0 Å². The Morgan fingerprint density at radius 1 is 1.24 bits per heavy atom. The molecule has 1 atom stereocenters. The number of rotatable bonds is 5. The first-order chi connectivity index (χ1) is 14.0. The Labute approximate surface area is 177 Å². The van der Waals surface area contributed by atoms with Crippen LogP contribution in [-0.4, -0.2) is 16.6 Å². The number of carbonyl (C=O) groups is 1. The summed E-state index contributed by atoms with van der Waals surface area (Å²) in [6.45, 7) is 4.16. The molecule has 0 bridgehead atoms. The minimum atomic E-state index is -0.226. The van der Waals surface area contributed by atoms with Crippen molar-refractivity contribution in [2.75, 3.05) is 5.75 Å². The molecule has 4 rings (SSSR count). The van der Waals surface area contributed by atoms with E-state index < -0.39 is 0 Å². The van der Waals surface area contributed by atoms with Crippen LogP contribution in [0.4, 0.5) is 4.39 Å². The van der Waals surface area contributed by atoms with Crippen LogP contribution in [-0.2, 0) is 6.61 Å². The number of thioether (sulfide) groups is 1. The lowest BCUT2D eigenvalue weighted by atomic mass is 10.0. The molecule has 0 fully saturated rings. The zero-order valence-corrected chi connectivity index (χ0v) is 17.8. The Balaban J connectivity index is 1.45. The molecule has 4 nitrogen and oxygen atoms in total. The second kappa shape index (κ2) is 8.55. The molecule has 0 radical (unpaired) electrons. The highest BCUT2D eigenvalue weighted by molar-refractivity contribution is 7.99. The van der Waals surface area contributed by atoms with Gasteiger partial charge in [-0.05, 0) is 44.0 Å². The summed E-state index contributed by atoms with van der Waals surface area (Å²) in [7, 11) is 0. The van der Waals surface area contributed by atoms with Crippen molar-refractivity contribution in [1.29, 1.82) is 0 Å². The average molecular weight is 429 g/mol. The summed E-state index contributed by atoms with van der Waals surface area (Å²) >= 11 is 2.84. The number of aryl methyl sites for hydroxylation is 2. The van der Waals surface area contributed by atoms with Crippen LogP contribution >= 0.6 is 23.1 Å². The van der Waals surface area contributed by atoms with Gasteiger partial charge in [-0.15, -0.1) is 23.1 Å². The standard InChI is InChI=1S/C22H21FN2O2S2/c1-13-6-8-15(9-7-13)27-12-19-24-14(2)20(29-19)22(26)25-18-10-11-28-21-16(18)4-3-5-17(21)23/h3-9,18H,10-12H2,1-2H3,(H,25,26)/t18-/m0/s1. The summed E-state index contributed by atoms with van der Waals surface area (Å²) in [4.78, 5) is 18.6. The van der Waals surface area contributed by atoms with Gasteiger partial charge in [-0.1, -0.05) is 29.8 Å². The smallest absolute Gasteiger partial charge is 0.263 e. The molecule has 1 N–H and O–H groups in total. The average Bonchev–Trinajstić information content (AvgIpc) is 3.09. The van der Waals surface area contributed by atoms with Crippen molar-refractivity contribution in [2.24, 2.45) is 0 Å². The van der Waals surface area contributed by atoms with Crippen molar-refractivity contribution in [3.05, 3.63) is 75.0 Å². The second-order valence-electron chi connectivity index (χ2n) is 6.95. The Morgan fingerprint density at radius 3 is 2.83 bits per heavy atom. The molecular weight excluding hydrogens is 407 g/mol. The number of carbonyl (C=O) groups excluding carboxylic acids is 1. The Morgan fingerprint density at radius 2 is 2.03 bits per heavy atom. The van der Waals surface area contributed by atoms with Gasteiger partial charge in [0.05, 0.1) is 11.7 Å². The van der Waals surface area contributed by atoms with Crippen LogP contribution in [0, 0.1) is 19.7 Å². The summed E-state index contributed by atoms with van der Waals surface area (Å²) in [5.74, 6) is 1.15. The van der Waals surface area contributed by atoms with Gasteiger partial charge in [0.25, 0.3) is 5.91 Å². The molecule has 0 spiro atoms. The molecule has 150 valence electrons. The van der Waals surface area contributed by atoms with E-state index in [2.05, 4.69) is 10.3 Å². The van der Waals surface area contributed by atoms with Crippen LogP contribution in [0.1, 0.15) is 44.0 Å². The molecule has 1 aliphatic heterocycles. The molecule has 0 aliphatic carbocycles. The lowest BCUT2D eigenvalue weighted by molar-refractivity contribution is 0.0938. The van der Waals surface area contributed by atoms with Crippen LogP contribution in [0.25, 0.3) is 0 Å². The number of hydrogen-bond donors (Lipinski definition) is 1. The van der Waals surface area contributed by atoms with E-state index in [-0.39, 0.29) is 17.8 Å². The number of hydrogen-bond acceptors (Lipinski definition) is 5. The fourth-order valence-corrected chi connectivity index (χ4v) is 5.29. The SMILES string of the molecule is Cc1ccc(OCc2nc(C)c(C(=O)N[C@H]3CCSc4c(F)cccc43)s2)cc1. The van der Waals surface area contributed by atoms with Crippen molar-refractivity contribution in [3.8, 4) is 5.75 Å².